The van der Waals surface area contributed by atoms with Crippen LogP contribution in [-0.2, 0) is 14.8 Å². The Hall–Kier alpha value is -2.25. The maximum absolute atomic E-state index is 12.6. The molecule has 0 aliphatic carbocycles. The molecule has 6 nitrogen and oxygen atoms in total. The van der Waals surface area contributed by atoms with Gasteiger partial charge in [-0.25, -0.2) is 8.42 Å². The second-order valence-corrected chi connectivity index (χ2v) is 8.48. The first-order valence-corrected chi connectivity index (χ1v) is 10.3. The molecule has 138 valence electrons. The molecule has 1 aliphatic rings. The van der Waals surface area contributed by atoms with Crippen LogP contribution in [0.25, 0.3) is 0 Å². The summed E-state index contributed by atoms with van der Waals surface area (Å²) >= 11 is 6.08. The first-order chi connectivity index (χ1) is 12.3. The van der Waals surface area contributed by atoms with Crippen LogP contribution in [0.5, 0.6) is 5.75 Å². The lowest BCUT2D eigenvalue weighted by Gasteiger charge is -2.21. The topological polar surface area (TPSA) is 75.7 Å². The van der Waals surface area contributed by atoms with Crippen molar-refractivity contribution in [1.82, 2.24) is 0 Å². The molecule has 0 saturated heterocycles. The van der Waals surface area contributed by atoms with E-state index in [4.69, 9.17) is 16.3 Å². The van der Waals surface area contributed by atoms with E-state index in [1.165, 1.54) is 4.31 Å². The Morgan fingerprint density at radius 1 is 1.27 bits per heavy atom. The lowest BCUT2D eigenvalue weighted by molar-refractivity contribution is -0.122. The zero-order valence-electron chi connectivity index (χ0n) is 14.4. The van der Waals surface area contributed by atoms with Crippen LogP contribution in [0.3, 0.4) is 0 Å². The van der Waals surface area contributed by atoms with Gasteiger partial charge < -0.3 is 10.1 Å². The van der Waals surface area contributed by atoms with E-state index in [1.54, 1.807) is 36.4 Å². The highest BCUT2D eigenvalue weighted by atomic mass is 35.5. The monoisotopic (exact) mass is 394 g/mol. The Morgan fingerprint density at radius 3 is 2.69 bits per heavy atom. The Labute approximate surface area is 157 Å². The highest BCUT2D eigenvalue weighted by Crippen LogP contribution is 2.35. The SMILES string of the molecule is Cc1ccc2c(c1)N(S(C)(=O)=O)CC[C@H](C(=O)Nc1ccccc1Cl)O2. The molecule has 0 aromatic heterocycles. The molecule has 0 spiro atoms. The molecule has 0 fully saturated rings. The fourth-order valence-corrected chi connectivity index (χ4v) is 3.91. The second kappa shape index (κ2) is 7.17. The van der Waals surface area contributed by atoms with Crippen molar-refractivity contribution in [3.8, 4) is 5.75 Å². The summed E-state index contributed by atoms with van der Waals surface area (Å²) in [6.45, 7) is 2.02. The average molecular weight is 395 g/mol. The van der Waals surface area contributed by atoms with Crippen molar-refractivity contribution in [2.24, 2.45) is 0 Å². The van der Waals surface area contributed by atoms with Gasteiger partial charge in [0.1, 0.15) is 5.75 Å². The number of carbonyl (C=O) groups is 1. The molecule has 3 rings (SSSR count). The molecule has 0 saturated carbocycles. The Kier molecular flexibility index (Phi) is 5.11. The van der Waals surface area contributed by atoms with Crippen LogP contribution in [0.2, 0.25) is 5.02 Å². The number of nitrogens with zero attached hydrogens (tertiary/aromatic N) is 1. The van der Waals surface area contributed by atoms with E-state index in [2.05, 4.69) is 5.32 Å². The molecule has 1 atom stereocenters. The summed E-state index contributed by atoms with van der Waals surface area (Å²) in [5, 5.41) is 3.16. The van der Waals surface area contributed by atoms with Crippen LogP contribution < -0.4 is 14.4 Å². The van der Waals surface area contributed by atoms with E-state index in [0.717, 1.165) is 11.8 Å². The Bertz CT molecular complexity index is 946. The first kappa shape index (κ1) is 18.5. The molecule has 8 heteroatoms. The van der Waals surface area contributed by atoms with E-state index >= 15 is 0 Å². The minimum atomic E-state index is -3.49. The highest BCUT2D eigenvalue weighted by molar-refractivity contribution is 7.92. The van der Waals surface area contributed by atoms with Crippen LogP contribution in [0, 0.1) is 6.92 Å². The number of rotatable bonds is 3. The van der Waals surface area contributed by atoms with Crippen LogP contribution in [0.1, 0.15) is 12.0 Å². The zero-order chi connectivity index (χ0) is 18.9. The van der Waals surface area contributed by atoms with Gasteiger partial charge in [-0.05, 0) is 36.8 Å². The van der Waals surface area contributed by atoms with Gasteiger partial charge in [-0.1, -0.05) is 29.8 Å². The smallest absolute Gasteiger partial charge is 0.265 e. The van der Waals surface area contributed by atoms with Crippen LogP contribution in [0.4, 0.5) is 11.4 Å². The summed E-state index contributed by atoms with van der Waals surface area (Å²) in [5.41, 5.74) is 1.83. The normalized spacial score (nSPS) is 17.0. The highest BCUT2D eigenvalue weighted by Gasteiger charge is 2.31. The number of anilines is 2. The molecular formula is C18H19ClN2O4S. The zero-order valence-corrected chi connectivity index (χ0v) is 16.0. The molecule has 0 radical (unpaired) electrons. The summed E-state index contributed by atoms with van der Waals surface area (Å²) in [5.74, 6) is -0.0159. The number of sulfonamides is 1. The number of ether oxygens (including phenoxy) is 1. The predicted molar refractivity (Wildman–Crippen MR) is 102 cm³/mol. The van der Waals surface area contributed by atoms with Gasteiger partial charge in [0.2, 0.25) is 10.0 Å². The summed E-state index contributed by atoms with van der Waals surface area (Å²) < 4.78 is 31.5. The van der Waals surface area contributed by atoms with Crippen molar-refractivity contribution in [3.05, 3.63) is 53.1 Å². The number of fused-ring (bicyclic) bond motifs is 1. The number of nitrogens with one attached hydrogen (secondary N) is 1. The van der Waals surface area contributed by atoms with Crippen molar-refractivity contribution in [2.45, 2.75) is 19.4 Å². The summed E-state index contributed by atoms with van der Waals surface area (Å²) in [7, 11) is -3.49. The minimum Gasteiger partial charge on any atom is -0.478 e. The molecule has 1 amide bonds. The van der Waals surface area contributed by atoms with E-state index in [9.17, 15) is 13.2 Å². The van der Waals surface area contributed by atoms with Gasteiger partial charge in [0, 0.05) is 13.0 Å². The van der Waals surface area contributed by atoms with E-state index in [-0.39, 0.29) is 18.9 Å². The molecule has 0 unspecified atom stereocenters. The van der Waals surface area contributed by atoms with E-state index in [0.29, 0.717) is 22.1 Å². The quantitative estimate of drug-likeness (QED) is 0.867. The third-order valence-corrected chi connectivity index (χ3v) is 5.58. The van der Waals surface area contributed by atoms with Crippen molar-refractivity contribution >= 4 is 38.9 Å². The maximum Gasteiger partial charge on any atom is 0.265 e. The van der Waals surface area contributed by atoms with E-state index in [1.807, 2.05) is 13.0 Å². The van der Waals surface area contributed by atoms with Gasteiger partial charge in [-0.2, -0.15) is 0 Å². The van der Waals surface area contributed by atoms with Crippen LogP contribution in [0.15, 0.2) is 42.5 Å². The van der Waals surface area contributed by atoms with Crippen molar-refractivity contribution in [1.29, 1.82) is 0 Å². The van der Waals surface area contributed by atoms with Gasteiger partial charge in [-0.15, -0.1) is 0 Å². The lowest BCUT2D eigenvalue weighted by atomic mass is 10.2. The Morgan fingerprint density at radius 2 is 2.00 bits per heavy atom. The largest absolute Gasteiger partial charge is 0.478 e. The molecule has 2 aromatic rings. The van der Waals surface area contributed by atoms with E-state index < -0.39 is 16.1 Å². The summed E-state index contributed by atoms with van der Waals surface area (Å²) in [6.07, 6.45) is 0.528. The number of hydrogen-bond donors (Lipinski definition) is 1. The minimum absolute atomic E-state index is 0.149. The third-order valence-electron chi connectivity index (χ3n) is 4.07. The number of carbonyl (C=O) groups excluding carboxylic acids is 1. The number of benzene rings is 2. The predicted octanol–water partition coefficient (Wildman–Crippen LogP) is 3.20. The van der Waals surface area contributed by atoms with Gasteiger partial charge >= 0.3 is 0 Å². The molecular weight excluding hydrogens is 376 g/mol. The van der Waals surface area contributed by atoms with Crippen LogP contribution >= 0.6 is 11.6 Å². The van der Waals surface area contributed by atoms with Crippen molar-refractivity contribution in [2.75, 3.05) is 22.4 Å². The second-order valence-electron chi connectivity index (χ2n) is 6.17. The molecule has 0 bridgehead atoms. The number of para-hydroxylation sites is 1. The van der Waals surface area contributed by atoms with Crippen molar-refractivity contribution in [3.63, 3.8) is 0 Å². The number of halogens is 1. The average Bonchev–Trinajstić information content (AvgIpc) is 2.76. The molecule has 26 heavy (non-hydrogen) atoms. The lowest BCUT2D eigenvalue weighted by Crippen LogP contribution is -2.36. The maximum atomic E-state index is 12.6. The first-order valence-electron chi connectivity index (χ1n) is 8.06. The van der Waals surface area contributed by atoms with Gasteiger partial charge in [0.15, 0.2) is 6.10 Å². The third kappa shape index (κ3) is 3.94. The number of hydrogen-bond acceptors (Lipinski definition) is 4. The van der Waals surface area contributed by atoms with Gasteiger partial charge in [0.25, 0.3) is 5.91 Å². The number of amides is 1. The fraction of sp³-hybridized carbons (Fsp3) is 0.278. The van der Waals surface area contributed by atoms with Gasteiger partial charge in [0.05, 0.1) is 22.7 Å². The summed E-state index contributed by atoms with van der Waals surface area (Å²) in [4.78, 5) is 12.6. The molecule has 1 N–H and O–H groups in total. The number of aryl methyl sites for hydroxylation is 1. The molecule has 1 aliphatic heterocycles. The summed E-state index contributed by atoms with van der Waals surface area (Å²) in [6, 6.07) is 12.1. The molecule has 2 aromatic carbocycles. The fourth-order valence-electron chi connectivity index (χ4n) is 2.79. The van der Waals surface area contributed by atoms with Crippen molar-refractivity contribution < 1.29 is 17.9 Å². The standard InChI is InChI=1S/C18H19ClN2O4S/c1-12-7-8-16-15(11-12)21(26(2,23)24)10-9-17(25-16)18(22)20-14-6-4-3-5-13(14)19/h3-8,11,17H,9-10H2,1-2H3,(H,20,22)/t17-/m1/s1. The van der Waals surface area contributed by atoms with Gasteiger partial charge in [-0.3, -0.25) is 9.10 Å². The van der Waals surface area contributed by atoms with Crippen LogP contribution in [-0.4, -0.2) is 33.2 Å². The Balaban J connectivity index is 1.89. The molecule has 1 heterocycles.